The minimum atomic E-state index is -0.869. The maximum atomic E-state index is 13.9. The first-order valence-electron chi connectivity index (χ1n) is 9.28. The average molecular weight is 370 g/mol. The molecule has 1 aromatic carbocycles. The molecule has 142 valence electrons. The van der Waals surface area contributed by atoms with Crippen LogP contribution in [0.1, 0.15) is 28.9 Å². The Morgan fingerprint density at radius 3 is 2.52 bits per heavy atom. The molecule has 2 N–H and O–H groups in total. The molecular weight excluding hydrogens is 347 g/mol. The number of halogens is 1. The van der Waals surface area contributed by atoms with Gasteiger partial charge in [0.2, 0.25) is 0 Å². The molecule has 1 aromatic heterocycles. The Hall–Kier alpha value is -2.31. The van der Waals surface area contributed by atoms with Gasteiger partial charge in [0, 0.05) is 19.5 Å². The van der Waals surface area contributed by atoms with Crippen LogP contribution in [0.25, 0.3) is 0 Å². The quantitative estimate of drug-likeness (QED) is 0.791. The van der Waals surface area contributed by atoms with E-state index in [1.807, 2.05) is 0 Å². The van der Waals surface area contributed by atoms with Gasteiger partial charge in [-0.05, 0) is 48.4 Å². The molecule has 4 rings (SSSR count). The zero-order valence-corrected chi connectivity index (χ0v) is 15.0. The summed E-state index contributed by atoms with van der Waals surface area (Å²) in [7, 11) is 0. The molecule has 0 spiro atoms. The standard InChI is InChI=1S/C21H23FN2O3/c22-18-4-2-1-3-14(18)7-21(27)8-15-11-24(12-16(15)9-21)13-20(26)19-6-5-17(25)10-23-19/h1-6,10,15-16,25,27H,7-9,11-13H2. The van der Waals surface area contributed by atoms with E-state index in [0.29, 0.717) is 42.4 Å². The van der Waals surface area contributed by atoms with Crippen LogP contribution >= 0.6 is 0 Å². The molecule has 2 heterocycles. The number of rotatable bonds is 5. The Kier molecular flexibility index (Phi) is 4.70. The third kappa shape index (κ3) is 3.87. The first-order valence-corrected chi connectivity index (χ1v) is 9.28. The summed E-state index contributed by atoms with van der Waals surface area (Å²) in [6, 6.07) is 9.60. The van der Waals surface area contributed by atoms with Crippen molar-refractivity contribution in [2.24, 2.45) is 11.8 Å². The topological polar surface area (TPSA) is 73.7 Å². The highest BCUT2D eigenvalue weighted by molar-refractivity contribution is 5.95. The van der Waals surface area contributed by atoms with E-state index < -0.39 is 5.60 Å². The average Bonchev–Trinajstić information content (AvgIpc) is 3.11. The summed E-state index contributed by atoms with van der Waals surface area (Å²) in [6.07, 6.45) is 2.88. The molecule has 5 nitrogen and oxygen atoms in total. The van der Waals surface area contributed by atoms with E-state index >= 15 is 0 Å². The van der Waals surface area contributed by atoms with Crippen molar-refractivity contribution in [1.29, 1.82) is 0 Å². The number of aromatic nitrogens is 1. The number of ketones is 1. The third-order valence-corrected chi connectivity index (χ3v) is 5.81. The smallest absolute Gasteiger partial charge is 0.195 e. The molecule has 1 saturated carbocycles. The Morgan fingerprint density at radius 1 is 1.19 bits per heavy atom. The second-order valence-electron chi connectivity index (χ2n) is 7.94. The summed E-state index contributed by atoms with van der Waals surface area (Å²) in [5.74, 6) is 0.342. The summed E-state index contributed by atoms with van der Waals surface area (Å²) < 4.78 is 13.9. The SMILES string of the molecule is O=C(CN1CC2CC(O)(Cc3ccccc3F)CC2C1)c1ccc(O)cn1. The highest BCUT2D eigenvalue weighted by atomic mass is 19.1. The van der Waals surface area contributed by atoms with Crippen LogP contribution in [0.15, 0.2) is 42.6 Å². The van der Waals surface area contributed by atoms with Gasteiger partial charge in [-0.3, -0.25) is 9.69 Å². The molecule has 27 heavy (non-hydrogen) atoms. The fraction of sp³-hybridized carbons (Fsp3) is 0.429. The lowest BCUT2D eigenvalue weighted by molar-refractivity contribution is 0.0347. The summed E-state index contributed by atoms with van der Waals surface area (Å²) in [5, 5.41) is 20.2. The van der Waals surface area contributed by atoms with Crippen molar-refractivity contribution in [3.05, 3.63) is 59.7 Å². The van der Waals surface area contributed by atoms with Crippen molar-refractivity contribution in [3.8, 4) is 5.75 Å². The number of aliphatic hydroxyl groups is 1. The highest BCUT2D eigenvalue weighted by Crippen LogP contribution is 2.45. The molecule has 1 aliphatic heterocycles. The van der Waals surface area contributed by atoms with Gasteiger partial charge in [-0.25, -0.2) is 9.37 Å². The maximum absolute atomic E-state index is 13.9. The van der Waals surface area contributed by atoms with Gasteiger partial charge in [-0.15, -0.1) is 0 Å². The Morgan fingerprint density at radius 2 is 1.89 bits per heavy atom. The lowest BCUT2D eigenvalue weighted by atomic mass is 9.91. The molecule has 0 bridgehead atoms. The second-order valence-corrected chi connectivity index (χ2v) is 7.94. The number of hydrogen-bond donors (Lipinski definition) is 2. The monoisotopic (exact) mass is 370 g/mol. The van der Waals surface area contributed by atoms with Crippen LogP contribution in [0.3, 0.4) is 0 Å². The molecule has 2 aliphatic rings. The van der Waals surface area contributed by atoms with E-state index in [4.69, 9.17) is 0 Å². The van der Waals surface area contributed by atoms with E-state index in [2.05, 4.69) is 9.88 Å². The summed E-state index contributed by atoms with van der Waals surface area (Å²) in [5.41, 5.74) is 0.0397. The normalized spacial score (nSPS) is 27.6. The minimum absolute atomic E-state index is 0.0383. The number of benzene rings is 1. The number of pyridine rings is 1. The fourth-order valence-electron chi connectivity index (χ4n) is 4.66. The van der Waals surface area contributed by atoms with Crippen LogP contribution in [-0.4, -0.2) is 51.1 Å². The molecule has 1 saturated heterocycles. The van der Waals surface area contributed by atoms with Gasteiger partial charge in [0.1, 0.15) is 17.3 Å². The largest absolute Gasteiger partial charge is 0.506 e. The van der Waals surface area contributed by atoms with E-state index in [1.165, 1.54) is 24.4 Å². The molecular formula is C21H23FN2O3. The molecule has 0 amide bonds. The zero-order chi connectivity index (χ0) is 19.0. The van der Waals surface area contributed by atoms with Crippen molar-refractivity contribution in [2.75, 3.05) is 19.6 Å². The van der Waals surface area contributed by atoms with Gasteiger partial charge < -0.3 is 10.2 Å². The number of nitrogens with zero attached hydrogens (tertiary/aromatic N) is 2. The predicted octanol–water partition coefficient (Wildman–Crippen LogP) is 2.42. The molecule has 0 radical (unpaired) electrons. The summed E-state index contributed by atoms with van der Waals surface area (Å²) in [6.45, 7) is 1.80. The van der Waals surface area contributed by atoms with Crippen molar-refractivity contribution in [1.82, 2.24) is 9.88 Å². The van der Waals surface area contributed by atoms with Crippen LogP contribution < -0.4 is 0 Å². The highest BCUT2D eigenvalue weighted by Gasteiger charge is 2.48. The summed E-state index contributed by atoms with van der Waals surface area (Å²) >= 11 is 0. The number of carbonyl (C=O) groups excluding carboxylic acids is 1. The van der Waals surface area contributed by atoms with Gasteiger partial charge in [-0.1, -0.05) is 18.2 Å². The number of aromatic hydroxyl groups is 1. The first kappa shape index (κ1) is 18.1. The van der Waals surface area contributed by atoms with Crippen LogP contribution in [0.2, 0.25) is 0 Å². The van der Waals surface area contributed by atoms with E-state index in [0.717, 1.165) is 13.1 Å². The van der Waals surface area contributed by atoms with E-state index in [9.17, 15) is 19.4 Å². The van der Waals surface area contributed by atoms with Crippen LogP contribution in [0, 0.1) is 17.7 Å². The van der Waals surface area contributed by atoms with Crippen LogP contribution in [0.4, 0.5) is 4.39 Å². The number of fused-ring (bicyclic) bond motifs is 1. The van der Waals surface area contributed by atoms with Crippen LogP contribution in [0.5, 0.6) is 5.75 Å². The molecule has 2 fully saturated rings. The predicted molar refractivity (Wildman–Crippen MR) is 97.9 cm³/mol. The van der Waals surface area contributed by atoms with Crippen molar-refractivity contribution >= 4 is 5.78 Å². The zero-order valence-electron chi connectivity index (χ0n) is 15.0. The molecule has 2 unspecified atom stereocenters. The van der Waals surface area contributed by atoms with Gasteiger partial charge in [0.25, 0.3) is 0 Å². The lowest BCUT2D eigenvalue weighted by Gasteiger charge is -2.26. The Bertz CT molecular complexity index is 826. The van der Waals surface area contributed by atoms with E-state index in [-0.39, 0.29) is 23.9 Å². The minimum Gasteiger partial charge on any atom is -0.506 e. The Balaban J connectivity index is 1.34. The van der Waals surface area contributed by atoms with Crippen molar-refractivity contribution in [2.45, 2.75) is 24.9 Å². The first-order chi connectivity index (χ1) is 12.9. The molecule has 2 atom stereocenters. The number of likely N-dealkylation sites (tertiary alicyclic amines) is 1. The lowest BCUT2D eigenvalue weighted by Crippen LogP contribution is -2.34. The van der Waals surface area contributed by atoms with Gasteiger partial charge in [0.15, 0.2) is 5.78 Å². The van der Waals surface area contributed by atoms with Crippen molar-refractivity contribution < 1.29 is 19.4 Å². The third-order valence-electron chi connectivity index (χ3n) is 5.81. The van der Waals surface area contributed by atoms with E-state index in [1.54, 1.807) is 18.2 Å². The maximum Gasteiger partial charge on any atom is 0.195 e. The molecule has 2 aromatic rings. The van der Waals surface area contributed by atoms with Gasteiger partial charge in [-0.2, -0.15) is 0 Å². The fourth-order valence-corrected chi connectivity index (χ4v) is 4.66. The van der Waals surface area contributed by atoms with Crippen LogP contribution in [-0.2, 0) is 6.42 Å². The Labute approximate surface area is 157 Å². The van der Waals surface area contributed by atoms with Crippen molar-refractivity contribution in [3.63, 3.8) is 0 Å². The van der Waals surface area contributed by atoms with Gasteiger partial charge >= 0.3 is 0 Å². The second kappa shape index (κ2) is 7.02. The number of carbonyl (C=O) groups is 1. The number of hydrogen-bond acceptors (Lipinski definition) is 5. The number of Topliss-reactive ketones (excluding diaryl/α,β-unsaturated/α-hetero) is 1. The van der Waals surface area contributed by atoms with Gasteiger partial charge in [0.05, 0.1) is 18.3 Å². The molecule has 1 aliphatic carbocycles. The molecule has 6 heteroatoms. The summed E-state index contributed by atoms with van der Waals surface area (Å²) in [4.78, 5) is 18.4.